The number of likely N-dealkylation sites (tertiary alicyclic amines) is 2. The molecule has 2 aliphatic rings. The number of aromatic nitrogens is 1. The number of para-hydroxylation sites is 1. The van der Waals surface area contributed by atoms with E-state index in [0.29, 0.717) is 31.7 Å². The molecule has 1 aromatic carbocycles. The monoisotopic (exact) mass is 383 g/mol. The van der Waals surface area contributed by atoms with E-state index in [-0.39, 0.29) is 17.2 Å². The summed E-state index contributed by atoms with van der Waals surface area (Å²) < 4.78 is 1.93. The van der Waals surface area contributed by atoms with Crippen molar-refractivity contribution in [2.24, 2.45) is 12.5 Å². The van der Waals surface area contributed by atoms with Crippen molar-refractivity contribution >= 4 is 28.7 Å². The Morgan fingerprint density at radius 2 is 1.82 bits per heavy atom. The van der Waals surface area contributed by atoms with Gasteiger partial charge in [-0.3, -0.25) is 9.59 Å². The number of carboxylic acid groups (broad SMARTS) is 1. The van der Waals surface area contributed by atoms with Crippen molar-refractivity contribution in [1.29, 1.82) is 0 Å². The summed E-state index contributed by atoms with van der Waals surface area (Å²) in [5.41, 5.74) is 1.48. The zero-order valence-electron chi connectivity index (χ0n) is 16.2. The molecule has 2 aromatic rings. The lowest BCUT2D eigenvalue weighted by Gasteiger charge is -2.39. The van der Waals surface area contributed by atoms with Gasteiger partial charge in [0.1, 0.15) is 11.7 Å². The van der Waals surface area contributed by atoms with Gasteiger partial charge in [0.25, 0.3) is 5.91 Å². The van der Waals surface area contributed by atoms with E-state index in [1.54, 1.807) is 0 Å². The fourth-order valence-electron chi connectivity index (χ4n) is 4.81. The van der Waals surface area contributed by atoms with Crippen molar-refractivity contribution in [3.8, 4) is 0 Å². The molecule has 0 radical (unpaired) electrons. The number of carbonyl (C=O) groups excluding carboxylic acids is 2. The van der Waals surface area contributed by atoms with Gasteiger partial charge in [0, 0.05) is 44.5 Å². The van der Waals surface area contributed by atoms with E-state index < -0.39 is 12.0 Å². The number of aryl methyl sites for hydroxylation is 1. The SMILES string of the molecule is CC(=O)N1CC2(CCN(C(=O)c3cc4ccccc4n3C)CC2)C[C@@H]1C(=O)O. The minimum atomic E-state index is -0.943. The predicted molar refractivity (Wildman–Crippen MR) is 104 cm³/mol. The average molecular weight is 383 g/mol. The van der Waals surface area contributed by atoms with Gasteiger partial charge in [0.05, 0.1) is 0 Å². The van der Waals surface area contributed by atoms with E-state index in [1.807, 2.05) is 46.8 Å². The van der Waals surface area contributed by atoms with Gasteiger partial charge < -0.3 is 19.5 Å². The third-order valence-corrected chi connectivity index (χ3v) is 6.48. The number of rotatable bonds is 2. The summed E-state index contributed by atoms with van der Waals surface area (Å²) in [7, 11) is 1.90. The van der Waals surface area contributed by atoms with Gasteiger partial charge in [-0.1, -0.05) is 18.2 Å². The maximum absolute atomic E-state index is 13.1. The molecule has 4 rings (SSSR count). The van der Waals surface area contributed by atoms with Gasteiger partial charge in [-0.15, -0.1) is 0 Å². The van der Waals surface area contributed by atoms with Crippen LogP contribution in [0.3, 0.4) is 0 Å². The molecule has 2 aliphatic heterocycles. The lowest BCUT2D eigenvalue weighted by atomic mass is 9.76. The molecule has 148 valence electrons. The Morgan fingerprint density at radius 3 is 2.39 bits per heavy atom. The number of hydrogen-bond donors (Lipinski definition) is 1. The van der Waals surface area contributed by atoms with E-state index in [2.05, 4.69) is 0 Å². The maximum Gasteiger partial charge on any atom is 0.326 e. The Kier molecular flexibility index (Phi) is 4.40. The van der Waals surface area contributed by atoms with Crippen LogP contribution in [0.15, 0.2) is 30.3 Å². The van der Waals surface area contributed by atoms with Crippen LogP contribution in [-0.2, 0) is 16.6 Å². The quantitative estimate of drug-likeness (QED) is 0.861. The molecule has 2 fully saturated rings. The van der Waals surface area contributed by atoms with Crippen LogP contribution >= 0.6 is 0 Å². The van der Waals surface area contributed by atoms with E-state index in [4.69, 9.17) is 0 Å². The number of piperidine rings is 1. The second-order valence-corrected chi connectivity index (χ2v) is 8.14. The topological polar surface area (TPSA) is 82.9 Å². The summed E-state index contributed by atoms with van der Waals surface area (Å²) in [6.07, 6.45) is 1.91. The third kappa shape index (κ3) is 2.95. The molecule has 1 spiro atoms. The second-order valence-electron chi connectivity index (χ2n) is 8.14. The zero-order chi connectivity index (χ0) is 20.1. The van der Waals surface area contributed by atoms with Gasteiger partial charge in [-0.25, -0.2) is 4.79 Å². The van der Waals surface area contributed by atoms with Crippen LogP contribution in [0.2, 0.25) is 0 Å². The first-order valence-electron chi connectivity index (χ1n) is 9.65. The minimum absolute atomic E-state index is 0.00440. The molecule has 2 saturated heterocycles. The predicted octanol–water partition coefficient (Wildman–Crippen LogP) is 2.11. The number of nitrogens with zero attached hydrogens (tertiary/aromatic N) is 3. The first-order valence-corrected chi connectivity index (χ1v) is 9.65. The van der Waals surface area contributed by atoms with Crippen LogP contribution in [0.5, 0.6) is 0 Å². The van der Waals surface area contributed by atoms with Crippen molar-refractivity contribution in [2.45, 2.75) is 32.2 Å². The largest absolute Gasteiger partial charge is 0.480 e. The fraction of sp³-hybridized carbons (Fsp3) is 0.476. The molecule has 0 saturated carbocycles. The molecule has 0 aliphatic carbocycles. The molecule has 0 unspecified atom stereocenters. The smallest absolute Gasteiger partial charge is 0.326 e. The highest BCUT2D eigenvalue weighted by Gasteiger charge is 2.49. The standard InChI is InChI=1S/C21H25N3O4/c1-14(25)24-13-21(12-18(24)20(27)28)7-9-23(10-8-21)19(26)17-11-15-5-3-4-6-16(15)22(17)2/h3-6,11,18H,7-10,12-13H2,1-2H3,(H,27,28)/t18-/m1/s1. The van der Waals surface area contributed by atoms with Crippen LogP contribution < -0.4 is 0 Å². The van der Waals surface area contributed by atoms with Gasteiger partial charge in [0.15, 0.2) is 0 Å². The van der Waals surface area contributed by atoms with Crippen molar-refractivity contribution in [1.82, 2.24) is 14.4 Å². The van der Waals surface area contributed by atoms with Crippen molar-refractivity contribution < 1.29 is 19.5 Å². The molecule has 1 atom stereocenters. The summed E-state index contributed by atoms with van der Waals surface area (Å²) in [6.45, 7) is 3.06. The Balaban J connectivity index is 1.49. The summed E-state index contributed by atoms with van der Waals surface area (Å²) in [6, 6.07) is 9.09. The Hall–Kier alpha value is -2.83. The Labute approximate surface area is 163 Å². The van der Waals surface area contributed by atoms with Crippen LogP contribution in [-0.4, -0.2) is 62.9 Å². The molecule has 7 nitrogen and oxygen atoms in total. The van der Waals surface area contributed by atoms with Gasteiger partial charge in [-0.05, 0) is 36.8 Å². The number of carbonyl (C=O) groups is 3. The van der Waals surface area contributed by atoms with Crippen LogP contribution in [0.4, 0.5) is 0 Å². The molecular weight excluding hydrogens is 358 g/mol. The summed E-state index contributed by atoms with van der Waals surface area (Å²) in [5.74, 6) is -1.14. The van der Waals surface area contributed by atoms with E-state index in [9.17, 15) is 19.5 Å². The molecule has 1 aromatic heterocycles. The summed E-state index contributed by atoms with van der Waals surface area (Å²) in [4.78, 5) is 39.8. The van der Waals surface area contributed by atoms with Gasteiger partial charge in [-0.2, -0.15) is 0 Å². The van der Waals surface area contributed by atoms with Crippen LogP contribution in [0.1, 0.15) is 36.7 Å². The van der Waals surface area contributed by atoms with E-state index >= 15 is 0 Å². The highest BCUT2D eigenvalue weighted by atomic mass is 16.4. The Bertz CT molecular complexity index is 932. The summed E-state index contributed by atoms with van der Waals surface area (Å²) >= 11 is 0. The van der Waals surface area contributed by atoms with E-state index in [1.165, 1.54) is 11.8 Å². The zero-order valence-corrected chi connectivity index (χ0v) is 16.2. The molecule has 2 amide bonds. The average Bonchev–Trinajstić information content (AvgIpc) is 3.21. The van der Waals surface area contributed by atoms with Crippen molar-refractivity contribution in [3.63, 3.8) is 0 Å². The van der Waals surface area contributed by atoms with Gasteiger partial charge in [0.2, 0.25) is 5.91 Å². The summed E-state index contributed by atoms with van der Waals surface area (Å²) in [5, 5.41) is 10.5. The van der Waals surface area contributed by atoms with Crippen molar-refractivity contribution in [3.05, 3.63) is 36.0 Å². The fourth-order valence-corrected chi connectivity index (χ4v) is 4.81. The molecule has 28 heavy (non-hydrogen) atoms. The number of aliphatic carboxylic acids is 1. The van der Waals surface area contributed by atoms with E-state index in [0.717, 1.165) is 23.7 Å². The highest BCUT2D eigenvalue weighted by molar-refractivity contribution is 5.98. The second kappa shape index (κ2) is 6.65. The Morgan fingerprint density at radius 1 is 1.14 bits per heavy atom. The first kappa shape index (κ1) is 18.5. The van der Waals surface area contributed by atoms with Crippen molar-refractivity contribution in [2.75, 3.05) is 19.6 Å². The number of carboxylic acids is 1. The molecule has 3 heterocycles. The highest BCUT2D eigenvalue weighted by Crippen LogP contribution is 2.43. The number of amides is 2. The number of hydrogen-bond acceptors (Lipinski definition) is 3. The molecule has 1 N–H and O–H groups in total. The molecule has 0 bridgehead atoms. The number of fused-ring (bicyclic) bond motifs is 1. The lowest BCUT2D eigenvalue weighted by Crippen LogP contribution is -2.45. The lowest BCUT2D eigenvalue weighted by molar-refractivity contribution is -0.147. The van der Waals surface area contributed by atoms with Crippen LogP contribution in [0, 0.1) is 5.41 Å². The molecule has 7 heteroatoms. The van der Waals surface area contributed by atoms with Crippen LogP contribution in [0.25, 0.3) is 10.9 Å². The first-order chi connectivity index (χ1) is 13.3. The maximum atomic E-state index is 13.1. The van der Waals surface area contributed by atoms with Gasteiger partial charge >= 0.3 is 5.97 Å². The normalized spacial score (nSPS) is 21.4. The third-order valence-electron chi connectivity index (χ3n) is 6.48. The molecular formula is C21H25N3O4. The number of benzene rings is 1. The minimum Gasteiger partial charge on any atom is -0.480 e.